The van der Waals surface area contributed by atoms with Crippen LogP contribution in [0.5, 0.6) is 0 Å². The molecule has 0 spiro atoms. The average molecular weight is 257 g/mol. The summed E-state index contributed by atoms with van der Waals surface area (Å²) in [6, 6.07) is 2.08. The minimum absolute atomic E-state index is 0.310. The minimum atomic E-state index is -0.310. The fraction of sp³-hybridized carbons (Fsp3) is 0.615. The third-order valence-corrected chi connectivity index (χ3v) is 3.35. The van der Waals surface area contributed by atoms with Gasteiger partial charge in [-0.15, -0.1) is 11.6 Å². The molecule has 1 saturated carbocycles. The Morgan fingerprint density at radius 2 is 2.29 bits per heavy atom. The maximum absolute atomic E-state index is 13.1. The molecule has 0 aromatic carbocycles. The normalized spacial score (nSPS) is 15.0. The molecule has 1 fully saturated rings. The van der Waals surface area contributed by atoms with E-state index in [9.17, 15) is 4.39 Å². The van der Waals surface area contributed by atoms with E-state index >= 15 is 0 Å². The quantitative estimate of drug-likeness (QED) is 0.721. The number of hydrogen-bond acceptors (Lipinski definition) is 2. The Kier molecular flexibility index (Phi) is 4.21. The first kappa shape index (κ1) is 12.6. The van der Waals surface area contributed by atoms with Gasteiger partial charge in [-0.25, -0.2) is 9.37 Å². The standard InChI is InChI=1S/C13H18ClFN2/c1-2-3-6-17(12-4-5-12)13-10(8-14)7-11(15)9-16-13/h7,9,12H,2-6,8H2,1H3. The molecule has 0 bridgehead atoms. The Labute approximate surface area is 107 Å². The Hall–Kier alpha value is -0.830. The zero-order chi connectivity index (χ0) is 12.3. The first-order valence-electron chi connectivity index (χ1n) is 6.23. The molecule has 1 heterocycles. The fourth-order valence-electron chi connectivity index (χ4n) is 2.01. The lowest BCUT2D eigenvalue weighted by Gasteiger charge is -2.25. The third-order valence-electron chi connectivity index (χ3n) is 3.07. The number of nitrogens with zero attached hydrogens (tertiary/aromatic N) is 2. The number of halogens is 2. The molecule has 0 unspecified atom stereocenters. The summed E-state index contributed by atoms with van der Waals surface area (Å²) in [4.78, 5) is 6.52. The Morgan fingerprint density at radius 1 is 1.53 bits per heavy atom. The molecular weight excluding hydrogens is 239 g/mol. The molecule has 4 heteroatoms. The second kappa shape index (κ2) is 5.67. The molecule has 0 atom stereocenters. The van der Waals surface area contributed by atoms with Gasteiger partial charge in [0, 0.05) is 18.2 Å². The number of unbranched alkanes of at least 4 members (excludes halogenated alkanes) is 1. The van der Waals surface area contributed by atoms with E-state index in [1.54, 1.807) is 0 Å². The molecule has 1 aliphatic carbocycles. The van der Waals surface area contributed by atoms with Crippen LogP contribution in [0.4, 0.5) is 10.2 Å². The highest BCUT2D eigenvalue weighted by molar-refractivity contribution is 6.17. The van der Waals surface area contributed by atoms with E-state index in [4.69, 9.17) is 11.6 Å². The monoisotopic (exact) mass is 256 g/mol. The van der Waals surface area contributed by atoms with Crippen LogP contribution in [0.25, 0.3) is 0 Å². The van der Waals surface area contributed by atoms with Gasteiger partial charge in [0.2, 0.25) is 0 Å². The predicted octanol–water partition coefficient (Wildman–Crippen LogP) is 3.73. The average Bonchev–Trinajstić information content (AvgIpc) is 3.15. The molecule has 0 N–H and O–H groups in total. The van der Waals surface area contributed by atoms with E-state index in [0.29, 0.717) is 11.9 Å². The summed E-state index contributed by atoms with van der Waals surface area (Å²) >= 11 is 5.87. The minimum Gasteiger partial charge on any atom is -0.353 e. The molecule has 2 rings (SSSR count). The number of rotatable bonds is 6. The predicted molar refractivity (Wildman–Crippen MR) is 69.0 cm³/mol. The van der Waals surface area contributed by atoms with Gasteiger partial charge in [0.15, 0.2) is 0 Å². The van der Waals surface area contributed by atoms with Crippen molar-refractivity contribution < 1.29 is 4.39 Å². The van der Waals surface area contributed by atoms with Crippen molar-refractivity contribution in [2.45, 2.75) is 44.5 Å². The van der Waals surface area contributed by atoms with Crippen LogP contribution in [0.15, 0.2) is 12.3 Å². The summed E-state index contributed by atoms with van der Waals surface area (Å²) in [7, 11) is 0. The van der Waals surface area contributed by atoms with Crippen LogP contribution < -0.4 is 4.90 Å². The smallest absolute Gasteiger partial charge is 0.141 e. The maximum Gasteiger partial charge on any atom is 0.141 e. The van der Waals surface area contributed by atoms with Gasteiger partial charge in [-0.05, 0) is 25.3 Å². The van der Waals surface area contributed by atoms with Crippen LogP contribution in [0, 0.1) is 5.82 Å². The van der Waals surface area contributed by atoms with E-state index in [1.165, 1.54) is 25.1 Å². The van der Waals surface area contributed by atoms with Gasteiger partial charge in [0.05, 0.1) is 12.1 Å². The lowest BCUT2D eigenvalue weighted by atomic mass is 10.2. The highest BCUT2D eigenvalue weighted by atomic mass is 35.5. The third kappa shape index (κ3) is 3.09. The summed E-state index contributed by atoms with van der Waals surface area (Å²) in [5.41, 5.74) is 0.801. The number of hydrogen-bond donors (Lipinski definition) is 0. The summed E-state index contributed by atoms with van der Waals surface area (Å²) in [5, 5.41) is 0. The van der Waals surface area contributed by atoms with E-state index in [0.717, 1.165) is 30.8 Å². The highest BCUT2D eigenvalue weighted by Crippen LogP contribution is 2.33. The van der Waals surface area contributed by atoms with Crippen molar-refractivity contribution in [3.05, 3.63) is 23.6 Å². The lowest BCUT2D eigenvalue weighted by Crippen LogP contribution is -2.28. The van der Waals surface area contributed by atoms with Crippen LogP contribution in [0.2, 0.25) is 0 Å². The SMILES string of the molecule is CCCCN(c1ncc(F)cc1CCl)C1CC1. The lowest BCUT2D eigenvalue weighted by molar-refractivity contribution is 0.616. The molecule has 1 aromatic heterocycles. The van der Waals surface area contributed by atoms with Gasteiger partial charge in [0.1, 0.15) is 11.6 Å². The number of aromatic nitrogens is 1. The van der Waals surface area contributed by atoms with Gasteiger partial charge in [-0.3, -0.25) is 0 Å². The van der Waals surface area contributed by atoms with Crippen molar-refractivity contribution in [2.24, 2.45) is 0 Å². The molecule has 1 aliphatic rings. The van der Waals surface area contributed by atoms with Crippen molar-refractivity contribution in [3.63, 3.8) is 0 Å². The van der Waals surface area contributed by atoms with E-state index in [2.05, 4.69) is 16.8 Å². The van der Waals surface area contributed by atoms with Crippen LogP contribution in [0.1, 0.15) is 38.2 Å². The molecule has 2 nitrogen and oxygen atoms in total. The van der Waals surface area contributed by atoms with Crippen molar-refractivity contribution in [3.8, 4) is 0 Å². The van der Waals surface area contributed by atoms with Crippen LogP contribution in [0.3, 0.4) is 0 Å². The van der Waals surface area contributed by atoms with Gasteiger partial charge < -0.3 is 4.90 Å². The Balaban J connectivity index is 2.21. The molecule has 94 valence electrons. The van der Waals surface area contributed by atoms with Crippen LogP contribution in [-0.2, 0) is 5.88 Å². The molecule has 0 aliphatic heterocycles. The van der Waals surface area contributed by atoms with Crippen molar-refractivity contribution in [1.82, 2.24) is 4.98 Å². The molecule has 17 heavy (non-hydrogen) atoms. The Bertz CT molecular complexity index is 380. The van der Waals surface area contributed by atoms with E-state index < -0.39 is 0 Å². The summed E-state index contributed by atoms with van der Waals surface area (Å²) in [6.45, 7) is 3.16. The number of anilines is 1. The summed E-state index contributed by atoms with van der Waals surface area (Å²) in [5.74, 6) is 0.878. The molecule has 0 amide bonds. The number of alkyl halides is 1. The van der Waals surface area contributed by atoms with Crippen molar-refractivity contribution >= 4 is 17.4 Å². The molecule has 1 aromatic rings. The second-order valence-electron chi connectivity index (χ2n) is 4.55. The Morgan fingerprint density at radius 3 is 2.88 bits per heavy atom. The zero-order valence-corrected chi connectivity index (χ0v) is 10.9. The van der Waals surface area contributed by atoms with Crippen LogP contribution >= 0.6 is 11.6 Å². The molecular formula is C13H18ClFN2. The van der Waals surface area contributed by atoms with Gasteiger partial charge in [-0.2, -0.15) is 0 Å². The molecule has 0 radical (unpaired) electrons. The highest BCUT2D eigenvalue weighted by Gasteiger charge is 2.30. The molecule has 0 saturated heterocycles. The second-order valence-corrected chi connectivity index (χ2v) is 4.82. The van der Waals surface area contributed by atoms with E-state index in [1.807, 2.05) is 0 Å². The number of pyridine rings is 1. The fourth-order valence-corrected chi connectivity index (χ4v) is 2.20. The largest absolute Gasteiger partial charge is 0.353 e. The van der Waals surface area contributed by atoms with Crippen molar-refractivity contribution in [2.75, 3.05) is 11.4 Å². The van der Waals surface area contributed by atoms with Crippen LogP contribution in [-0.4, -0.2) is 17.6 Å². The summed E-state index contributed by atoms with van der Waals surface area (Å²) < 4.78 is 13.1. The van der Waals surface area contributed by atoms with Gasteiger partial charge >= 0.3 is 0 Å². The van der Waals surface area contributed by atoms with Gasteiger partial charge in [0.25, 0.3) is 0 Å². The first-order chi connectivity index (χ1) is 8.26. The summed E-state index contributed by atoms with van der Waals surface area (Å²) in [6.07, 6.45) is 6.00. The van der Waals surface area contributed by atoms with Gasteiger partial charge in [-0.1, -0.05) is 13.3 Å². The topological polar surface area (TPSA) is 16.1 Å². The maximum atomic E-state index is 13.1. The first-order valence-corrected chi connectivity index (χ1v) is 6.76. The zero-order valence-electron chi connectivity index (χ0n) is 10.1. The van der Waals surface area contributed by atoms with Crippen molar-refractivity contribution in [1.29, 1.82) is 0 Å². The van der Waals surface area contributed by atoms with E-state index in [-0.39, 0.29) is 5.82 Å².